The fourth-order valence-corrected chi connectivity index (χ4v) is 2.45. The highest BCUT2D eigenvalue weighted by molar-refractivity contribution is 6.43. The van der Waals surface area contributed by atoms with Crippen LogP contribution < -0.4 is 0 Å². The number of carbonyl (C=O) groups is 2. The Bertz CT molecular complexity index is 692. The molecule has 110 valence electrons. The van der Waals surface area contributed by atoms with Crippen molar-refractivity contribution in [3.8, 4) is 0 Å². The van der Waals surface area contributed by atoms with Gasteiger partial charge in [0.25, 0.3) is 5.91 Å². The van der Waals surface area contributed by atoms with Crippen LogP contribution in [0.5, 0.6) is 0 Å². The second-order valence-corrected chi connectivity index (χ2v) is 5.30. The van der Waals surface area contributed by atoms with Crippen LogP contribution in [0.2, 0.25) is 10.0 Å². The summed E-state index contributed by atoms with van der Waals surface area (Å²) in [6, 6.07) is 5.09. The maximum atomic E-state index is 12.3. The number of benzene rings is 1. The molecule has 6 heteroatoms. The molecule has 0 aliphatic carbocycles. The molecule has 0 unspecified atom stereocenters. The monoisotopic (exact) mass is 325 g/mol. The van der Waals surface area contributed by atoms with Gasteiger partial charge in [-0.15, -0.1) is 0 Å². The largest absolute Gasteiger partial charge is 0.465 e. The number of allylic oxidation sites excluding steroid dienone is 1. The molecule has 0 aromatic heterocycles. The first-order valence-electron chi connectivity index (χ1n) is 6.11. The van der Waals surface area contributed by atoms with Crippen LogP contribution in [0.4, 0.5) is 0 Å². The normalized spacial score (nSPS) is 16.9. The quantitative estimate of drug-likeness (QED) is 0.619. The van der Waals surface area contributed by atoms with Gasteiger partial charge < -0.3 is 9.64 Å². The summed E-state index contributed by atoms with van der Waals surface area (Å²) in [5.41, 5.74) is 1.58. The molecule has 1 heterocycles. The first kappa shape index (κ1) is 15.6. The maximum Gasteiger partial charge on any atom is 0.340 e. The molecule has 1 aromatic rings. The van der Waals surface area contributed by atoms with Gasteiger partial charge in [-0.3, -0.25) is 4.79 Å². The molecular weight excluding hydrogens is 313 g/mol. The standard InChI is InChI=1S/C15H13Cl2NO3/c1-8-12(15(20)21-3)10(14(19)18(8)2)7-9-5-4-6-11(16)13(9)17/h4-7H,1-3H3. The summed E-state index contributed by atoms with van der Waals surface area (Å²) in [4.78, 5) is 25.6. The van der Waals surface area contributed by atoms with E-state index in [0.717, 1.165) is 0 Å². The Labute approximate surface area is 132 Å². The van der Waals surface area contributed by atoms with E-state index in [2.05, 4.69) is 0 Å². The number of ether oxygens (including phenoxy) is 1. The van der Waals surface area contributed by atoms with E-state index in [-0.39, 0.29) is 17.1 Å². The van der Waals surface area contributed by atoms with Gasteiger partial charge in [0.05, 0.1) is 28.3 Å². The number of rotatable bonds is 2. The zero-order valence-corrected chi connectivity index (χ0v) is 13.2. The minimum atomic E-state index is -0.561. The number of carbonyl (C=O) groups excluding carboxylic acids is 2. The number of amides is 1. The number of esters is 1. The molecule has 0 N–H and O–H groups in total. The number of likely N-dealkylation sites (N-methyl/N-ethyl adjacent to an activating group) is 1. The zero-order chi connectivity index (χ0) is 15.7. The van der Waals surface area contributed by atoms with E-state index in [9.17, 15) is 9.59 Å². The van der Waals surface area contributed by atoms with E-state index in [1.54, 1.807) is 38.2 Å². The van der Waals surface area contributed by atoms with Gasteiger partial charge in [0.1, 0.15) is 0 Å². The highest BCUT2D eigenvalue weighted by Crippen LogP contribution is 2.33. The van der Waals surface area contributed by atoms with E-state index < -0.39 is 5.97 Å². The van der Waals surface area contributed by atoms with Gasteiger partial charge in [-0.1, -0.05) is 35.3 Å². The molecule has 0 atom stereocenters. The van der Waals surface area contributed by atoms with Crippen molar-refractivity contribution >= 4 is 41.2 Å². The summed E-state index contributed by atoms with van der Waals surface area (Å²) in [5, 5.41) is 0.709. The summed E-state index contributed by atoms with van der Waals surface area (Å²) < 4.78 is 4.75. The Hall–Kier alpha value is -1.78. The molecular formula is C15H13Cl2NO3. The summed E-state index contributed by atoms with van der Waals surface area (Å²) in [5.74, 6) is -0.849. The maximum absolute atomic E-state index is 12.3. The Balaban J connectivity index is 2.60. The Morgan fingerprint density at radius 3 is 2.62 bits per heavy atom. The van der Waals surface area contributed by atoms with Crippen molar-refractivity contribution in [2.45, 2.75) is 6.92 Å². The SMILES string of the molecule is COC(=O)C1=C(C)N(C)C(=O)C1=Cc1cccc(Cl)c1Cl. The number of hydrogen-bond donors (Lipinski definition) is 0. The van der Waals surface area contributed by atoms with E-state index >= 15 is 0 Å². The van der Waals surface area contributed by atoms with Crippen molar-refractivity contribution in [2.75, 3.05) is 14.2 Å². The summed E-state index contributed by atoms with van der Waals surface area (Å²) in [6.07, 6.45) is 1.55. The summed E-state index contributed by atoms with van der Waals surface area (Å²) in [6.45, 7) is 1.69. The van der Waals surface area contributed by atoms with Crippen LogP contribution in [0, 0.1) is 0 Å². The molecule has 4 nitrogen and oxygen atoms in total. The fraction of sp³-hybridized carbons (Fsp3) is 0.200. The number of nitrogens with zero attached hydrogens (tertiary/aromatic N) is 1. The lowest BCUT2D eigenvalue weighted by molar-refractivity contribution is -0.136. The third-order valence-corrected chi connectivity index (χ3v) is 4.17. The topological polar surface area (TPSA) is 46.6 Å². The van der Waals surface area contributed by atoms with Gasteiger partial charge in [0.15, 0.2) is 0 Å². The van der Waals surface area contributed by atoms with Crippen molar-refractivity contribution in [2.24, 2.45) is 0 Å². The molecule has 0 radical (unpaired) electrons. The summed E-state index contributed by atoms with van der Waals surface area (Å²) in [7, 11) is 2.87. The van der Waals surface area contributed by atoms with Crippen molar-refractivity contribution < 1.29 is 14.3 Å². The second-order valence-electron chi connectivity index (χ2n) is 4.52. The summed E-state index contributed by atoms with van der Waals surface area (Å²) >= 11 is 12.1. The molecule has 0 spiro atoms. The Morgan fingerprint density at radius 2 is 2.00 bits per heavy atom. The van der Waals surface area contributed by atoms with Crippen molar-refractivity contribution in [3.05, 3.63) is 50.7 Å². The predicted molar refractivity (Wildman–Crippen MR) is 81.9 cm³/mol. The lowest BCUT2D eigenvalue weighted by Crippen LogP contribution is -2.19. The van der Waals surface area contributed by atoms with Crippen LogP contribution in [0.1, 0.15) is 12.5 Å². The van der Waals surface area contributed by atoms with Gasteiger partial charge in [0.2, 0.25) is 0 Å². The minimum Gasteiger partial charge on any atom is -0.465 e. The third kappa shape index (κ3) is 2.69. The molecule has 0 saturated heterocycles. The number of methoxy groups -OCH3 is 1. The van der Waals surface area contributed by atoms with Gasteiger partial charge in [-0.2, -0.15) is 0 Å². The molecule has 21 heavy (non-hydrogen) atoms. The van der Waals surface area contributed by atoms with Crippen LogP contribution in [0.15, 0.2) is 35.0 Å². The first-order chi connectivity index (χ1) is 9.88. The fourth-order valence-electron chi connectivity index (χ4n) is 2.08. The van der Waals surface area contributed by atoms with Crippen LogP contribution in [-0.2, 0) is 14.3 Å². The molecule has 0 fully saturated rings. The Morgan fingerprint density at radius 1 is 1.33 bits per heavy atom. The number of halogens is 2. The van der Waals surface area contributed by atoms with Crippen molar-refractivity contribution in [1.29, 1.82) is 0 Å². The minimum absolute atomic E-state index is 0.237. The third-order valence-electron chi connectivity index (χ3n) is 3.34. The molecule has 1 aromatic carbocycles. The molecule has 1 aliphatic heterocycles. The Kier molecular flexibility index (Phi) is 4.40. The van der Waals surface area contributed by atoms with E-state index in [1.807, 2.05) is 0 Å². The molecule has 1 aliphatic rings. The predicted octanol–water partition coefficient (Wildman–Crippen LogP) is 3.30. The molecule has 2 rings (SSSR count). The van der Waals surface area contributed by atoms with E-state index in [0.29, 0.717) is 21.3 Å². The average molecular weight is 326 g/mol. The van der Waals surface area contributed by atoms with Crippen LogP contribution in [-0.4, -0.2) is 30.9 Å². The first-order valence-corrected chi connectivity index (χ1v) is 6.87. The van der Waals surface area contributed by atoms with Crippen molar-refractivity contribution in [3.63, 3.8) is 0 Å². The second kappa shape index (κ2) is 5.92. The lowest BCUT2D eigenvalue weighted by Gasteiger charge is -2.08. The van der Waals surface area contributed by atoms with Crippen LogP contribution in [0.3, 0.4) is 0 Å². The highest BCUT2D eigenvalue weighted by Gasteiger charge is 2.34. The smallest absolute Gasteiger partial charge is 0.340 e. The van der Waals surface area contributed by atoms with Gasteiger partial charge in [-0.05, 0) is 24.6 Å². The lowest BCUT2D eigenvalue weighted by atomic mass is 10.0. The zero-order valence-electron chi connectivity index (χ0n) is 11.7. The van der Waals surface area contributed by atoms with E-state index in [4.69, 9.17) is 27.9 Å². The van der Waals surface area contributed by atoms with Gasteiger partial charge in [-0.25, -0.2) is 4.79 Å². The van der Waals surface area contributed by atoms with E-state index in [1.165, 1.54) is 12.0 Å². The van der Waals surface area contributed by atoms with Crippen molar-refractivity contribution in [1.82, 2.24) is 4.90 Å². The van der Waals surface area contributed by atoms with Crippen LogP contribution in [0.25, 0.3) is 6.08 Å². The highest BCUT2D eigenvalue weighted by atomic mass is 35.5. The molecule has 1 amide bonds. The molecule has 0 bridgehead atoms. The molecule has 0 saturated carbocycles. The van der Waals surface area contributed by atoms with Gasteiger partial charge in [0, 0.05) is 12.7 Å². The van der Waals surface area contributed by atoms with Gasteiger partial charge >= 0.3 is 5.97 Å². The van der Waals surface area contributed by atoms with Crippen LogP contribution >= 0.6 is 23.2 Å². The number of hydrogen-bond acceptors (Lipinski definition) is 3. The average Bonchev–Trinajstić information content (AvgIpc) is 2.68.